The lowest BCUT2D eigenvalue weighted by molar-refractivity contribution is 0.0992. The minimum Gasteiger partial charge on any atom is -0.399 e. The molecule has 1 amide bonds. The van der Waals surface area contributed by atoms with Crippen molar-refractivity contribution in [2.75, 3.05) is 17.2 Å². The number of pyridine rings is 1. The molecule has 5 heteroatoms. The zero-order chi connectivity index (χ0) is 14.8. The minimum absolute atomic E-state index is 0.00321. The molecule has 106 valence electrons. The predicted molar refractivity (Wildman–Crippen MR) is 87.8 cm³/mol. The average Bonchev–Trinajstić information content (AvgIpc) is 2.92. The Bertz CT molecular complexity index is 783. The number of nitrogens with zero attached hydrogens (tertiary/aromatic N) is 2. The van der Waals surface area contributed by atoms with Crippen LogP contribution in [-0.4, -0.2) is 17.4 Å². The fourth-order valence-electron chi connectivity index (χ4n) is 2.27. The molecule has 0 unspecified atom stereocenters. The average molecular weight is 297 g/mol. The molecule has 3 aromatic rings. The molecule has 0 atom stereocenters. The monoisotopic (exact) mass is 297 g/mol. The molecule has 0 saturated carbocycles. The van der Waals surface area contributed by atoms with Crippen LogP contribution in [0.3, 0.4) is 0 Å². The van der Waals surface area contributed by atoms with Gasteiger partial charge in [-0.3, -0.25) is 9.78 Å². The van der Waals surface area contributed by atoms with Gasteiger partial charge in [0.15, 0.2) is 0 Å². The highest BCUT2D eigenvalue weighted by Gasteiger charge is 2.18. The maximum Gasteiger partial charge on any atom is 0.268 e. The summed E-state index contributed by atoms with van der Waals surface area (Å²) >= 11 is 1.49. The van der Waals surface area contributed by atoms with E-state index in [4.69, 9.17) is 5.73 Å². The van der Waals surface area contributed by atoms with E-state index in [0.29, 0.717) is 17.1 Å². The molecule has 0 saturated heterocycles. The standard InChI is InChI=1S/C16H15N3OS/c1-2-19(13-5-7-18-8-6-13)16(20)15-10-11-9-12(17)3-4-14(11)21-15/h3-10H,2,17H2,1H3. The highest BCUT2D eigenvalue weighted by atomic mass is 32.1. The van der Waals surface area contributed by atoms with Crippen molar-refractivity contribution in [3.05, 3.63) is 53.7 Å². The first kappa shape index (κ1) is 13.6. The quantitative estimate of drug-likeness (QED) is 0.752. The maximum absolute atomic E-state index is 12.7. The van der Waals surface area contributed by atoms with E-state index in [1.807, 2.05) is 43.3 Å². The SMILES string of the molecule is CCN(C(=O)c1cc2cc(N)ccc2s1)c1ccncc1. The van der Waals surface area contributed by atoms with Crippen molar-refractivity contribution in [1.82, 2.24) is 4.98 Å². The Labute approximate surface area is 126 Å². The van der Waals surface area contributed by atoms with Gasteiger partial charge in [-0.05, 0) is 48.7 Å². The highest BCUT2D eigenvalue weighted by Crippen LogP contribution is 2.29. The number of nitrogen functional groups attached to an aromatic ring is 1. The van der Waals surface area contributed by atoms with Gasteiger partial charge in [-0.2, -0.15) is 0 Å². The van der Waals surface area contributed by atoms with Crippen molar-refractivity contribution in [2.24, 2.45) is 0 Å². The molecular formula is C16H15N3OS. The zero-order valence-corrected chi connectivity index (χ0v) is 12.4. The Kier molecular flexibility index (Phi) is 3.58. The van der Waals surface area contributed by atoms with Gasteiger partial charge in [0, 0.05) is 35.0 Å². The number of aromatic nitrogens is 1. The van der Waals surface area contributed by atoms with Crippen LogP contribution >= 0.6 is 11.3 Å². The number of hydrogen-bond donors (Lipinski definition) is 1. The molecule has 3 rings (SSSR count). The third kappa shape index (κ3) is 2.60. The van der Waals surface area contributed by atoms with E-state index in [2.05, 4.69) is 4.98 Å². The summed E-state index contributed by atoms with van der Waals surface area (Å²) in [5.41, 5.74) is 7.35. The molecular weight excluding hydrogens is 282 g/mol. The van der Waals surface area contributed by atoms with Crippen molar-refractivity contribution in [1.29, 1.82) is 0 Å². The van der Waals surface area contributed by atoms with Gasteiger partial charge in [-0.25, -0.2) is 0 Å². The summed E-state index contributed by atoms with van der Waals surface area (Å²) in [5.74, 6) is 0.00321. The van der Waals surface area contributed by atoms with E-state index < -0.39 is 0 Å². The molecule has 0 fully saturated rings. The van der Waals surface area contributed by atoms with Crippen molar-refractivity contribution < 1.29 is 4.79 Å². The number of carbonyl (C=O) groups excluding carboxylic acids is 1. The van der Waals surface area contributed by atoms with Crippen LogP contribution in [0.2, 0.25) is 0 Å². The number of hydrogen-bond acceptors (Lipinski definition) is 4. The Morgan fingerprint density at radius 1 is 1.24 bits per heavy atom. The molecule has 0 aliphatic carbocycles. The van der Waals surface area contributed by atoms with E-state index in [0.717, 1.165) is 15.8 Å². The lowest BCUT2D eigenvalue weighted by atomic mass is 10.2. The molecule has 0 bridgehead atoms. The van der Waals surface area contributed by atoms with Gasteiger partial charge in [-0.1, -0.05) is 0 Å². The number of benzene rings is 1. The summed E-state index contributed by atoms with van der Waals surface area (Å²) in [7, 11) is 0. The van der Waals surface area contributed by atoms with Gasteiger partial charge in [0.2, 0.25) is 0 Å². The topological polar surface area (TPSA) is 59.2 Å². The number of fused-ring (bicyclic) bond motifs is 1. The fraction of sp³-hybridized carbons (Fsp3) is 0.125. The normalized spacial score (nSPS) is 10.7. The molecule has 2 aromatic heterocycles. The van der Waals surface area contributed by atoms with Crippen LogP contribution in [0.5, 0.6) is 0 Å². The molecule has 0 aliphatic heterocycles. The van der Waals surface area contributed by atoms with Crippen LogP contribution in [0.4, 0.5) is 11.4 Å². The number of thiophene rings is 1. The summed E-state index contributed by atoms with van der Waals surface area (Å²) < 4.78 is 1.07. The second kappa shape index (κ2) is 5.54. The zero-order valence-electron chi connectivity index (χ0n) is 11.6. The Morgan fingerprint density at radius 3 is 2.71 bits per heavy atom. The van der Waals surface area contributed by atoms with Gasteiger partial charge in [0.05, 0.1) is 4.88 Å². The number of amides is 1. The summed E-state index contributed by atoms with van der Waals surface area (Å²) in [5, 5.41) is 1.01. The van der Waals surface area contributed by atoms with Crippen LogP contribution in [-0.2, 0) is 0 Å². The van der Waals surface area contributed by atoms with Crippen molar-refractivity contribution in [3.63, 3.8) is 0 Å². The largest absolute Gasteiger partial charge is 0.399 e. The van der Waals surface area contributed by atoms with Crippen molar-refractivity contribution in [3.8, 4) is 0 Å². The van der Waals surface area contributed by atoms with Crippen molar-refractivity contribution >= 4 is 38.7 Å². The van der Waals surface area contributed by atoms with Crippen LogP contribution in [0, 0.1) is 0 Å². The van der Waals surface area contributed by atoms with E-state index in [9.17, 15) is 4.79 Å². The van der Waals surface area contributed by atoms with E-state index >= 15 is 0 Å². The first-order chi connectivity index (χ1) is 10.2. The minimum atomic E-state index is 0.00321. The Hall–Kier alpha value is -2.40. The lowest BCUT2D eigenvalue weighted by Crippen LogP contribution is -2.29. The molecule has 2 N–H and O–H groups in total. The number of nitrogens with two attached hydrogens (primary N) is 1. The van der Waals surface area contributed by atoms with Gasteiger partial charge in [-0.15, -0.1) is 11.3 Å². The molecule has 1 aromatic carbocycles. The second-order valence-electron chi connectivity index (χ2n) is 4.66. The van der Waals surface area contributed by atoms with Crippen LogP contribution < -0.4 is 10.6 Å². The summed E-state index contributed by atoms with van der Waals surface area (Å²) in [4.78, 5) is 19.2. The lowest BCUT2D eigenvalue weighted by Gasteiger charge is -2.19. The smallest absolute Gasteiger partial charge is 0.268 e. The molecule has 0 radical (unpaired) electrons. The first-order valence-electron chi connectivity index (χ1n) is 6.70. The Morgan fingerprint density at radius 2 is 2.00 bits per heavy atom. The van der Waals surface area contributed by atoms with Gasteiger partial charge in [0.1, 0.15) is 0 Å². The van der Waals surface area contributed by atoms with Crippen LogP contribution in [0.15, 0.2) is 48.8 Å². The van der Waals surface area contributed by atoms with E-state index in [-0.39, 0.29) is 5.91 Å². The first-order valence-corrected chi connectivity index (χ1v) is 7.51. The maximum atomic E-state index is 12.7. The van der Waals surface area contributed by atoms with E-state index in [1.165, 1.54) is 11.3 Å². The molecule has 0 spiro atoms. The third-order valence-electron chi connectivity index (χ3n) is 3.29. The van der Waals surface area contributed by atoms with E-state index in [1.54, 1.807) is 17.3 Å². The molecule has 21 heavy (non-hydrogen) atoms. The third-order valence-corrected chi connectivity index (χ3v) is 4.39. The summed E-state index contributed by atoms with van der Waals surface area (Å²) in [6.07, 6.45) is 3.38. The molecule has 2 heterocycles. The van der Waals surface area contributed by atoms with Crippen LogP contribution in [0.25, 0.3) is 10.1 Å². The Balaban J connectivity index is 1.98. The highest BCUT2D eigenvalue weighted by molar-refractivity contribution is 7.20. The molecule has 0 aliphatic rings. The van der Waals surface area contributed by atoms with Crippen LogP contribution in [0.1, 0.15) is 16.6 Å². The predicted octanol–water partition coefficient (Wildman–Crippen LogP) is 3.55. The van der Waals surface area contributed by atoms with Gasteiger partial charge < -0.3 is 10.6 Å². The van der Waals surface area contributed by atoms with Gasteiger partial charge in [0.25, 0.3) is 5.91 Å². The van der Waals surface area contributed by atoms with Crippen molar-refractivity contribution in [2.45, 2.75) is 6.92 Å². The fourth-order valence-corrected chi connectivity index (χ4v) is 3.26. The number of anilines is 2. The second-order valence-corrected chi connectivity index (χ2v) is 5.75. The summed E-state index contributed by atoms with van der Waals surface area (Å²) in [6, 6.07) is 11.3. The number of carbonyl (C=O) groups is 1. The number of rotatable bonds is 3. The van der Waals surface area contributed by atoms with Gasteiger partial charge >= 0.3 is 0 Å². The molecule has 4 nitrogen and oxygen atoms in total. The summed E-state index contributed by atoms with van der Waals surface area (Å²) in [6.45, 7) is 2.57.